The number of aryl methyl sites for hydroxylation is 1. The lowest BCUT2D eigenvalue weighted by Gasteiger charge is -2.40. The molecule has 0 spiro atoms. The van der Waals surface area contributed by atoms with Gasteiger partial charge in [-0.3, -0.25) is 9.36 Å². The van der Waals surface area contributed by atoms with Crippen molar-refractivity contribution in [3.63, 3.8) is 0 Å². The predicted molar refractivity (Wildman–Crippen MR) is 122 cm³/mol. The molecule has 1 aliphatic carbocycles. The van der Waals surface area contributed by atoms with Gasteiger partial charge in [0.25, 0.3) is 5.56 Å². The number of halogens is 5. The second kappa shape index (κ2) is 7.17. The Bertz CT molecular complexity index is 1310. The third kappa shape index (κ3) is 4.63. The fourth-order valence-corrected chi connectivity index (χ4v) is 5.15. The maximum absolute atomic E-state index is 13.3. The van der Waals surface area contributed by atoms with Crippen LogP contribution in [0.1, 0.15) is 31.5 Å². The van der Waals surface area contributed by atoms with Crippen LogP contribution in [0.5, 0.6) is 5.75 Å². The molecule has 1 aromatic heterocycles. The van der Waals surface area contributed by atoms with Crippen LogP contribution in [0.15, 0.2) is 52.2 Å². The molecule has 2 heterocycles. The zero-order valence-electron chi connectivity index (χ0n) is 18.4. The molecule has 2 fully saturated rings. The first kappa shape index (κ1) is 23.1. The third-order valence-electron chi connectivity index (χ3n) is 6.39. The number of rotatable bonds is 5. The van der Waals surface area contributed by atoms with E-state index in [4.69, 9.17) is 4.74 Å². The zero-order chi connectivity index (χ0) is 24.4. The molecule has 184 valence electrons. The first-order valence-electron chi connectivity index (χ1n) is 11.1. The summed E-state index contributed by atoms with van der Waals surface area (Å²) in [6.45, 7) is 3.54. The Morgan fingerprint density at radius 3 is 2.18 bits per heavy atom. The molecular weight excluding hydrogens is 477 g/mol. The molecule has 0 N–H and O–H groups in total. The molecule has 5 nitrogen and oxygen atoms in total. The lowest BCUT2D eigenvalue weighted by atomic mass is 10.1. The van der Waals surface area contributed by atoms with Crippen LogP contribution in [0.2, 0.25) is 0 Å². The molecule has 0 amide bonds. The van der Waals surface area contributed by atoms with Crippen molar-refractivity contribution in [1.82, 2.24) is 14.5 Å². The molecule has 3 aromatic rings. The minimum atomic E-state index is -9.93. The normalized spacial score (nSPS) is 20.2. The van der Waals surface area contributed by atoms with E-state index in [0.29, 0.717) is 11.4 Å². The van der Waals surface area contributed by atoms with Crippen LogP contribution >= 0.6 is 10.2 Å². The van der Waals surface area contributed by atoms with Gasteiger partial charge in [-0.05, 0) is 75.1 Å². The molecule has 0 radical (unpaired) electrons. The van der Waals surface area contributed by atoms with Crippen LogP contribution in [0, 0.1) is 6.92 Å². The Hall–Kier alpha value is -2.66. The summed E-state index contributed by atoms with van der Waals surface area (Å²) in [4.78, 5) is 17.5. The summed E-state index contributed by atoms with van der Waals surface area (Å²) in [5.41, 5.74) is -0.584. The molecular formula is C23H24F5N3O2S. The third-order valence-corrected chi connectivity index (χ3v) is 7.54. The second-order valence-electron chi connectivity index (χ2n) is 9.03. The number of hydrogen-bond donors (Lipinski definition) is 0. The molecule has 0 atom stereocenters. The van der Waals surface area contributed by atoms with Gasteiger partial charge in [-0.25, -0.2) is 4.98 Å². The van der Waals surface area contributed by atoms with Gasteiger partial charge in [0.15, 0.2) is 0 Å². The Morgan fingerprint density at radius 2 is 1.59 bits per heavy atom. The molecule has 5 rings (SSSR count). The second-order valence-corrected chi connectivity index (χ2v) is 11.4. The first-order chi connectivity index (χ1) is 15.8. The van der Waals surface area contributed by atoms with Gasteiger partial charge in [0.05, 0.1) is 16.6 Å². The van der Waals surface area contributed by atoms with Crippen molar-refractivity contribution < 1.29 is 24.2 Å². The summed E-state index contributed by atoms with van der Waals surface area (Å²) < 4.78 is 73.5. The van der Waals surface area contributed by atoms with Crippen LogP contribution in [0.4, 0.5) is 19.4 Å². The Balaban J connectivity index is 1.41. The number of hydrogen-bond acceptors (Lipinski definition) is 4. The molecule has 34 heavy (non-hydrogen) atoms. The Labute approximate surface area is 192 Å². The Kier molecular flexibility index (Phi) is 4.87. The molecule has 0 bridgehead atoms. The topological polar surface area (TPSA) is 47.4 Å². The monoisotopic (exact) mass is 501 g/mol. The van der Waals surface area contributed by atoms with E-state index in [9.17, 15) is 24.2 Å². The number of aromatic nitrogens is 2. The molecule has 2 aromatic carbocycles. The highest BCUT2D eigenvalue weighted by atomic mass is 32.5. The lowest BCUT2D eigenvalue weighted by Crippen LogP contribution is -2.39. The van der Waals surface area contributed by atoms with Crippen molar-refractivity contribution in [3.8, 4) is 11.4 Å². The van der Waals surface area contributed by atoms with E-state index in [0.717, 1.165) is 42.6 Å². The minimum absolute atomic E-state index is 0.0816. The number of nitrogens with zero attached hydrogens (tertiary/aromatic N) is 3. The summed E-state index contributed by atoms with van der Waals surface area (Å²) in [5, 5.41) is -0.529. The van der Waals surface area contributed by atoms with Gasteiger partial charge in [-0.15, -0.1) is 0 Å². The molecule has 11 heteroatoms. The average Bonchev–Trinajstić information content (AvgIpc) is 3.59. The maximum Gasteiger partial charge on any atom is 0.310 e. The number of benzene rings is 2. The van der Waals surface area contributed by atoms with Crippen LogP contribution in [0.25, 0.3) is 16.6 Å². The van der Waals surface area contributed by atoms with Crippen molar-refractivity contribution in [1.29, 1.82) is 0 Å². The molecule has 1 saturated heterocycles. The van der Waals surface area contributed by atoms with Gasteiger partial charge in [-0.1, -0.05) is 19.4 Å². The van der Waals surface area contributed by atoms with Gasteiger partial charge in [0.1, 0.15) is 22.6 Å². The van der Waals surface area contributed by atoms with E-state index in [2.05, 4.69) is 9.88 Å². The van der Waals surface area contributed by atoms with E-state index in [1.165, 1.54) is 19.8 Å². The number of piperidine rings is 1. The first-order valence-corrected chi connectivity index (χ1v) is 13.0. The summed E-state index contributed by atoms with van der Waals surface area (Å²) in [5.74, 6) is 0.843. The lowest BCUT2D eigenvalue weighted by molar-refractivity contribution is 0.0965. The molecule has 1 aliphatic heterocycles. The van der Waals surface area contributed by atoms with Gasteiger partial charge in [-0.2, -0.15) is 0 Å². The zero-order valence-corrected chi connectivity index (χ0v) is 19.2. The molecule has 2 aliphatic rings. The minimum Gasteiger partial charge on any atom is -0.490 e. The highest BCUT2D eigenvalue weighted by Gasteiger charge is 2.65. The van der Waals surface area contributed by atoms with Crippen molar-refractivity contribution in [2.75, 3.05) is 13.1 Å². The van der Waals surface area contributed by atoms with E-state index >= 15 is 0 Å². The fourth-order valence-electron chi connectivity index (χ4n) is 4.48. The SMILES string of the molecule is Cc1nc2ccc(S(F)(F)(F)(F)F)cc2c(=O)n1-c1ccc(OC2CCN(C3CC3)CC2)cc1. The van der Waals surface area contributed by atoms with Crippen LogP contribution in [-0.2, 0) is 0 Å². The Morgan fingerprint density at radius 1 is 0.941 bits per heavy atom. The highest BCUT2D eigenvalue weighted by Crippen LogP contribution is 3.02. The van der Waals surface area contributed by atoms with Crippen LogP contribution in [0.3, 0.4) is 0 Å². The van der Waals surface area contributed by atoms with Crippen LogP contribution < -0.4 is 10.3 Å². The largest absolute Gasteiger partial charge is 0.490 e. The van der Waals surface area contributed by atoms with Gasteiger partial charge in [0.2, 0.25) is 0 Å². The predicted octanol–water partition coefficient (Wildman–Crippen LogP) is 6.36. The molecule has 0 unspecified atom stereocenters. The van der Waals surface area contributed by atoms with E-state index in [1.54, 1.807) is 24.3 Å². The maximum atomic E-state index is 13.3. The number of fused-ring (bicyclic) bond motifs is 1. The number of ether oxygens (including phenoxy) is 1. The summed E-state index contributed by atoms with van der Waals surface area (Å²) >= 11 is 0. The quantitative estimate of drug-likeness (QED) is 0.382. The van der Waals surface area contributed by atoms with Gasteiger partial charge in [0, 0.05) is 19.1 Å². The van der Waals surface area contributed by atoms with Gasteiger partial charge < -0.3 is 9.64 Å². The summed E-state index contributed by atoms with van der Waals surface area (Å²) in [6, 6.07) is 8.56. The van der Waals surface area contributed by atoms with Crippen molar-refractivity contribution >= 4 is 21.1 Å². The van der Waals surface area contributed by atoms with Crippen molar-refractivity contribution in [2.24, 2.45) is 0 Å². The number of likely N-dealkylation sites (tertiary alicyclic amines) is 1. The van der Waals surface area contributed by atoms with Crippen LogP contribution in [-0.4, -0.2) is 39.7 Å². The molecule has 1 saturated carbocycles. The summed E-state index contributed by atoms with van der Waals surface area (Å²) in [7, 11) is -9.93. The standard InChI is InChI=1S/C23H24F5N3O2S/c1-15-29-22-9-8-20(34(24,25,26,27)28)14-21(22)23(32)31(15)17-4-6-18(7-5-17)33-19-10-12-30(13-11-19)16-2-3-16/h4-9,14,16,19H,2-3,10-13H2,1H3. The van der Waals surface area contributed by atoms with E-state index < -0.39 is 26.1 Å². The summed E-state index contributed by atoms with van der Waals surface area (Å²) in [6.07, 6.45) is 4.51. The highest BCUT2D eigenvalue weighted by molar-refractivity contribution is 8.45. The van der Waals surface area contributed by atoms with E-state index in [1.807, 2.05) is 0 Å². The van der Waals surface area contributed by atoms with E-state index in [-0.39, 0.29) is 29.6 Å². The van der Waals surface area contributed by atoms with Crippen molar-refractivity contribution in [2.45, 2.75) is 49.6 Å². The fraction of sp³-hybridized carbons (Fsp3) is 0.391. The van der Waals surface area contributed by atoms with Crippen molar-refractivity contribution in [3.05, 3.63) is 58.6 Å². The smallest absolute Gasteiger partial charge is 0.310 e. The van der Waals surface area contributed by atoms with Gasteiger partial charge >= 0.3 is 10.2 Å². The average molecular weight is 502 g/mol.